The average molecular weight is 324 g/mol. The van der Waals surface area contributed by atoms with Crippen molar-refractivity contribution in [3.05, 3.63) is 74.8 Å². The normalized spacial score (nSPS) is 13.7. The molecular formula is C16H15Cl2NO2. The smallest absolute Gasteiger partial charge is 0.258 e. The molecule has 21 heavy (non-hydrogen) atoms. The van der Waals surface area contributed by atoms with Crippen LogP contribution in [-0.2, 0) is 6.42 Å². The minimum absolute atomic E-state index is 0.0475. The molecule has 0 aliphatic heterocycles. The molecule has 2 aromatic rings. The Labute approximate surface area is 133 Å². The second-order valence-electron chi connectivity index (χ2n) is 5.02. The van der Waals surface area contributed by atoms with E-state index in [-0.39, 0.29) is 17.0 Å². The van der Waals surface area contributed by atoms with Gasteiger partial charge in [0.25, 0.3) is 5.69 Å². The van der Waals surface area contributed by atoms with E-state index in [9.17, 15) is 10.1 Å². The van der Waals surface area contributed by atoms with E-state index in [2.05, 4.69) is 0 Å². The van der Waals surface area contributed by atoms with Gasteiger partial charge in [-0.3, -0.25) is 10.1 Å². The summed E-state index contributed by atoms with van der Waals surface area (Å²) in [6.45, 7) is 1.99. The molecule has 0 bridgehead atoms. The Balaban J connectivity index is 2.20. The molecular weight excluding hydrogens is 309 g/mol. The van der Waals surface area contributed by atoms with Crippen LogP contribution in [0.3, 0.4) is 0 Å². The van der Waals surface area contributed by atoms with Crippen molar-refractivity contribution in [3.63, 3.8) is 0 Å². The fourth-order valence-electron chi connectivity index (χ4n) is 2.30. The predicted octanol–water partition coefficient (Wildman–Crippen LogP) is 5.41. The maximum atomic E-state index is 11.1. The first-order chi connectivity index (χ1) is 9.99. The second-order valence-corrected chi connectivity index (χ2v) is 5.93. The molecule has 110 valence electrons. The molecule has 2 rings (SSSR count). The van der Waals surface area contributed by atoms with Crippen LogP contribution in [0.1, 0.15) is 23.4 Å². The van der Waals surface area contributed by atoms with Gasteiger partial charge >= 0.3 is 0 Å². The van der Waals surface area contributed by atoms with Crippen molar-refractivity contribution in [3.8, 4) is 0 Å². The van der Waals surface area contributed by atoms with Gasteiger partial charge in [0.1, 0.15) is 0 Å². The van der Waals surface area contributed by atoms with Gasteiger partial charge in [-0.25, -0.2) is 0 Å². The van der Waals surface area contributed by atoms with Crippen LogP contribution in [0, 0.1) is 16.0 Å². The van der Waals surface area contributed by atoms with Gasteiger partial charge in [0.15, 0.2) is 0 Å². The van der Waals surface area contributed by atoms with Crippen LogP contribution in [0.15, 0.2) is 48.5 Å². The van der Waals surface area contributed by atoms with Gasteiger partial charge in [0, 0.05) is 16.7 Å². The SMILES string of the molecule is CC(Cc1ccc(Cl)cc1[N+](=O)[O-])C(Cl)c1ccccc1. The number of hydrogen-bond acceptors (Lipinski definition) is 2. The topological polar surface area (TPSA) is 43.1 Å². The minimum atomic E-state index is -0.403. The number of hydrogen-bond donors (Lipinski definition) is 0. The quantitative estimate of drug-likeness (QED) is 0.419. The third kappa shape index (κ3) is 3.96. The number of alkyl halides is 1. The molecule has 2 unspecified atom stereocenters. The van der Waals surface area contributed by atoms with Gasteiger partial charge in [0.05, 0.1) is 10.3 Å². The second kappa shape index (κ2) is 6.92. The molecule has 0 saturated heterocycles. The molecule has 0 saturated carbocycles. The lowest BCUT2D eigenvalue weighted by Crippen LogP contribution is -2.09. The van der Waals surface area contributed by atoms with E-state index in [1.54, 1.807) is 12.1 Å². The summed E-state index contributed by atoms with van der Waals surface area (Å²) in [5, 5.41) is 11.3. The van der Waals surface area contributed by atoms with Crippen LogP contribution in [0.4, 0.5) is 5.69 Å². The Morgan fingerprint density at radius 2 is 1.86 bits per heavy atom. The highest BCUT2D eigenvalue weighted by atomic mass is 35.5. The lowest BCUT2D eigenvalue weighted by molar-refractivity contribution is -0.385. The van der Waals surface area contributed by atoms with Gasteiger partial charge in [-0.2, -0.15) is 0 Å². The molecule has 0 heterocycles. The largest absolute Gasteiger partial charge is 0.274 e. The summed E-state index contributed by atoms with van der Waals surface area (Å²) < 4.78 is 0. The lowest BCUT2D eigenvalue weighted by atomic mass is 9.93. The number of nitro groups is 1. The zero-order valence-corrected chi connectivity index (χ0v) is 13.0. The molecule has 0 spiro atoms. The Bertz CT molecular complexity index is 631. The van der Waals surface area contributed by atoms with E-state index >= 15 is 0 Å². The molecule has 0 aromatic heterocycles. The summed E-state index contributed by atoms with van der Waals surface area (Å²) in [4.78, 5) is 10.7. The summed E-state index contributed by atoms with van der Waals surface area (Å²) in [5.74, 6) is 0.0638. The zero-order valence-electron chi connectivity index (χ0n) is 11.5. The summed E-state index contributed by atoms with van der Waals surface area (Å²) in [5.41, 5.74) is 1.72. The Morgan fingerprint density at radius 1 is 1.19 bits per heavy atom. The fourth-order valence-corrected chi connectivity index (χ4v) is 2.70. The number of rotatable bonds is 5. The van der Waals surface area contributed by atoms with Gasteiger partial charge < -0.3 is 0 Å². The molecule has 0 N–H and O–H groups in total. The number of halogens is 2. The molecule has 0 aliphatic carbocycles. The fraction of sp³-hybridized carbons (Fsp3) is 0.250. The monoisotopic (exact) mass is 323 g/mol. The van der Waals surface area contributed by atoms with Crippen molar-refractivity contribution >= 4 is 28.9 Å². The predicted molar refractivity (Wildman–Crippen MR) is 86.0 cm³/mol. The van der Waals surface area contributed by atoms with Crippen LogP contribution < -0.4 is 0 Å². The maximum Gasteiger partial charge on any atom is 0.274 e. The highest BCUT2D eigenvalue weighted by Crippen LogP contribution is 2.33. The summed E-state index contributed by atoms with van der Waals surface area (Å²) in [6.07, 6.45) is 0.524. The van der Waals surface area contributed by atoms with Crippen LogP contribution in [0.5, 0.6) is 0 Å². The van der Waals surface area contributed by atoms with Gasteiger partial charge in [-0.05, 0) is 24.0 Å². The number of nitro benzene ring substituents is 1. The van der Waals surface area contributed by atoms with Gasteiger partial charge in [-0.1, -0.05) is 54.9 Å². The first kappa shape index (κ1) is 15.8. The van der Waals surface area contributed by atoms with Crippen LogP contribution in [-0.4, -0.2) is 4.92 Å². The number of nitrogens with zero attached hydrogens (tertiary/aromatic N) is 1. The third-order valence-electron chi connectivity index (χ3n) is 3.40. The first-order valence-corrected chi connectivity index (χ1v) is 7.42. The Morgan fingerprint density at radius 3 is 2.48 bits per heavy atom. The molecule has 0 fully saturated rings. The van der Waals surface area contributed by atoms with Crippen LogP contribution in [0.25, 0.3) is 0 Å². The minimum Gasteiger partial charge on any atom is -0.258 e. The molecule has 2 atom stereocenters. The number of benzene rings is 2. The highest BCUT2D eigenvalue weighted by Gasteiger charge is 2.21. The molecule has 2 aromatic carbocycles. The van der Waals surface area contributed by atoms with Crippen molar-refractivity contribution in [2.75, 3.05) is 0 Å². The van der Waals surface area contributed by atoms with E-state index in [1.165, 1.54) is 6.07 Å². The van der Waals surface area contributed by atoms with E-state index < -0.39 is 4.92 Å². The highest BCUT2D eigenvalue weighted by molar-refractivity contribution is 6.30. The Hall–Kier alpha value is -1.58. The maximum absolute atomic E-state index is 11.1. The van der Waals surface area contributed by atoms with E-state index in [4.69, 9.17) is 23.2 Å². The summed E-state index contributed by atoms with van der Waals surface area (Å²) in [6, 6.07) is 14.5. The molecule has 5 heteroatoms. The lowest BCUT2D eigenvalue weighted by Gasteiger charge is -2.18. The van der Waals surface area contributed by atoms with E-state index in [0.29, 0.717) is 17.0 Å². The van der Waals surface area contributed by atoms with E-state index in [0.717, 1.165) is 5.56 Å². The Kier molecular flexibility index (Phi) is 5.21. The van der Waals surface area contributed by atoms with Crippen molar-refractivity contribution in [1.82, 2.24) is 0 Å². The summed E-state index contributed by atoms with van der Waals surface area (Å²) >= 11 is 12.3. The molecule has 0 amide bonds. The van der Waals surface area contributed by atoms with Crippen LogP contribution >= 0.6 is 23.2 Å². The summed E-state index contributed by atoms with van der Waals surface area (Å²) in [7, 11) is 0. The van der Waals surface area contributed by atoms with E-state index in [1.807, 2.05) is 37.3 Å². The van der Waals surface area contributed by atoms with Gasteiger partial charge in [-0.15, -0.1) is 11.6 Å². The zero-order chi connectivity index (χ0) is 15.4. The van der Waals surface area contributed by atoms with Crippen molar-refractivity contribution in [1.29, 1.82) is 0 Å². The van der Waals surface area contributed by atoms with Crippen molar-refractivity contribution in [2.45, 2.75) is 18.7 Å². The van der Waals surface area contributed by atoms with Crippen molar-refractivity contribution < 1.29 is 4.92 Å². The average Bonchev–Trinajstić information content (AvgIpc) is 2.49. The van der Waals surface area contributed by atoms with Gasteiger partial charge in [0.2, 0.25) is 0 Å². The molecule has 0 aliphatic rings. The third-order valence-corrected chi connectivity index (χ3v) is 4.32. The van der Waals surface area contributed by atoms with Crippen LogP contribution in [0.2, 0.25) is 5.02 Å². The molecule has 3 nitrogen and oxygen atoms in total. The van der Waals surface area contributed by atoms with Crippen molar-refractivity contribution in [2.24, 2.45) is 5.92 Å². The molecule has 0 radical (unpaired) electrons. The first-order valence-electron chi connectivity index (χ1n) is 6.61. The standard InChI is InChI=1S/C16H15Cl2NO2/c1-11(16(18)12-5-3-2-4-6-12)9-13-7-8-14(17)10-15(13)19(20)21/h2-8,10-11,16H,9H2,1H3.